The number of hydrogen-bond donors (Lipinski definition) is 0. The van der Waals surface area contributed by atoms with Crippen LogP contribution in [0.25, 0.3) is 5.69 Å². The standard InChI is InChI=1S/C15H18N8O/c1-2-4-13(5-3-1)23-15(18-19-20-23)10-21-6-7-24-14(8-21)9-22-12-16-11-17-22/h1-5,11-12,14H,6-10H2/t14-/m0/s1. The molecule has 2 aromatic heterocycles. The van der Waals surface area contributed by atoms with Gasteiger partial charge in [0.25, 0.3) is 0 Å². The SMILES string of the molecule is c1ccc(-n2nnnc2CN2CCO[C@H](Cn3cncn3)C2)cc1. The maximum absolute atomic E-state index is 5.83. The predicted octanol–water partition coefficient (Wildman–Crippen LogP) is 0.155. The van der Waals surface area contributed by atoms with Gasteiger partial charge in [-0.25, -0.2) is 4.98 Å². The van der Waals surface area contributed by atoms with Crippen LogP contribution in [0.2, 0.25) is 0 Å². The van der Waals surface area contributed by atoms with Gasteiger partial charge >= 0.3 is 0 Å². The third-order valence-electron chi connectivity index (χ3n) is 3.98. The van der Waals surface area contributed by atoms with Crippen LogP contribution in [-0.2, 0) is 17.8 Å². The van der Waals surface area contributed by atoms with Gasteiger partial charge in [0.05, 0.1) is 31.5 Å². The van der Waals surface area contributed by atoms with E-state index in [0.717, 1.165) is 24.6 Å². The molecule has 1 atom stereocenters. The first-order valence-electron chi connectivity index (χ1n) is 7.87. The van der Waals surface area contributed by atoms with Crippen molar-refractivity contribution < 1.29 is 4.74 Å². The molecule has 0 N–H and O–H groups in total. The van der Waals surface area contributed by atoms with E-state index in [1.807, 2.05) is 30.3 Å². The molecule has 1 fully saturated rings. The number of tetrazole rings is 1. The van der Waals surface area contributed by atoms with Gasteiger partial charge in [-0.05, 0) is 22.6 Å². The third-order valence-corrected chi connectivity index (χ3v) is 3.98. The van der Waals surface area contributed by atoms with Gasteiger partial charge in [0.1, 0.15) is 12.7 Å². The van der Waals surface area contributed by atoms with Gasteiger partial charge in [-0.15, -0.1) is 5.10 Å². The van der Waals surface area contributed by atoms with Crippen molar-refractivity contribution in [3.8, 4) is 5.69 Å². The maximum Gasteiger partial charge on any atom is 0.170 e. The second kappa shape index (κ2) is 6.85. The number of morpholine rings is 1. The third kappa shape index (κ3) is 3.31. The molecular weight excluding hydrogens is 308 g/mol. The van der Waals surface area contributed by atoms with E-state index < -0.39 is 0 Å². The molecule has 9 heteroatoms. The molecule has 0 amide bonds. The lowest BCUT2D eigenvalue weighted by Crippen LogP contribution is -2.44. The number of rotatable bonds is 5. The van der Waals surface area contributed by atoms with Crippen LogP contribution in [0.5, 0.6) is 0 Å². The second-order valence-corrected chi connectivity index (χ2v) is 5.69. The van der Waals surface area contributed by atoms with Gasteiger partial charge in [-0.2, -0.15) is 9.78 Å². The van der Waals surface area contributed by atoms with E-state index in [9.17, 15) is 0 Å². The largest absolute Gasteiger partial charge is 0.374 e. The summed E-state index contributed by atoms with van der Waals surface area (Å²) in [5, 5.41) is 16.2. The van der Waals surface area contributed by atoms with Crippen LogP contribution in [0.3, 0.4) is 0 Å². The number of nitrogens with zero attached hydrogens (tertiary/aromatic N) is 8. The summed E-state index contributed by atoms with van der Waals surface area (Å²) < 4.78 is 9.40. The average Bonchev–Trinajstić information content (AvgIpc) is 3.28. The monoisotopic (exact) mass is 326 g/mol. The van der Waals surface area contributed by atoms with Crippen LogP contribution < -0.4 is 0 Å². The fraction of sp³-hybridized carbons (Fsp3) is 0.400. The summed E-state index contributed by atoms with van der Waals surface area (Å²) in [5.74, 6) is 0.822. The molecule has 0 saturated carbocycles. The highest BCUT2D eigenvalue weighted by Gasteiger charge is 2.23. The topological polar surface area (TPSA) is 86.8 Å². The van der Waals surface area contributed by atoms with Crippen LogP contribution in [-0.4, -0.2) is 65.7 Å². The molecule has 0 radical (unpaired) electrons. The molecule has 1 saturated heterocycles. The summed E-state index contributed by atoms with van der Waals surface area (Å²) >= 11 is 0. The number of ether oxygens (including phenoxy) is 1. The van der Waals surface area contributed by atoms with Gasteiger partial charge in [0.15, 0.2) is 5.82 Å². The van der Waals surface area contributed by atoms with E-state index in [-0.39, 0.29) is 6.10 Å². The summed E-state index contributed by atoms with van der Waals surface area (Å²) in [7, 11) is 0. The predicted molar refractivity (Wildman–Crippen MR) is 84.2 cm³/mol. The summed E-state index contributed by atoms with van der Waals surface area (Å²) in [6, 6.07) is 9.91. The zero-order chi connectivity index (χ0) is 16.2. The molecule has 4 rings (SSSR count). The Balaban J connectivity index is 1.43. The Kier molecular flexibility index (Phi) is 4.26. The average molecular weight is 326 g/mol. The Morgan fingerprint density at radius 1 is 1.21 bits per heavy atom. The minimum absolute atomic E-state index is 0.0847. The van der Waals surface area contributed by atoms with Gasteiger partial charge < -0.3 is 4.74 Å². The zero-order valence-electron chi connectivity index (χ0n) is 13.1. The lowest BCUT2D eigenvalue weighted by atomic mass is 10.2. The Bertz CT molecular complexity index is 757. The first-order valence-corrected chi connectivity index (χ1v) is 7.87. The molecule has 24 heavy (non-hydrogen) atoms. The highest BCUT2D eigenvalue weighted by Crippen LogP contribution is 2.13. The van der Waals surface area contributed by atoms with Crippen molar-refractivity contribution in [1.82, 2.24) is 39.9 Å². The molecule has 124 valence electrons. The lowest BCUT2D eigenvalue weighted by molar-refractivity contribution is -0.0411. The summed E-state index contributed by atoms with van der Waals surface area (Å²) in [5.41, 5.74) is 0.963. The summed E-state index contributed by atoms with van der Waals surface area (Å²) in [6.07, 6.45) is 3.33. The molecule has 1 aliphatic heterocycles. The Morgan fingerprint density at radius 2 is 2.12 bits per heavy atom. The van der Waals surface area contributed by atoms with Gasteiger partial charge in [0, 0.05) is 13.1 Å². The van der Waals surface area contributed by atoms with E-state index in [2.05, 4.69) is 30.5 Å². The van der Waals surface area contributed by atoms with Crippen molar-refractivity contribution in [3.63, 3.8) is 0 Å². The van der Waals surface area contributed by atoms with Crippen LogP contribution in [0, 0.1) is 0 Å². The molecule has 0 unspecified atom stereocenters. The van der Waals surface area contributed by atoms with Crippen molar-refractivity contribution in [2.75, 3.05) is 19.7 Å². The number of aromatic nitrogens is 7. The van der Waals surface area contributed by atoms with Gasteiger partial charge in [0.2, 0.25) is 0 Å². The zero-order valence-corrected chi connectivity index (χ0v) is 13.1. The van der Waals surface area contributed by atoms with Crippen LogP contribution in [0.4, 0.5) is 0 Å². The molecule has 0 bridgehead atoms. The molecule has 0 aliphatic carbocycles. The van der Waals surface area contributed by atoms with E-state index >= 15 is 0 Å². The van der Waals surface area contributed by atoms with Gasteiger partial charge in [-0.1, -0.05) is 18.2 Å². The van der Waals surface area contributed by atoms with E-state index in [1.54, 1.807) is 15.7 Å². The second-order valence-electron chi connectivity index (χ2n) is 5.69. The van der Waals surface area contributed by atoms with E-state index in [4.69, 9.17) is 4.74 Å². The molecule has 0 spiro atoms. The van der Waals surface area contributed by atoms with Crippen LogP contribution in [0.1, 0.15) is 5.82 Å². The molecule has 3 aromatic rings. The summed E-state index contributed by atoms with van der Waals surface area (Å²) in [4.78, 5) is 6.27. The van der Waals surface area contributed by atoms with Crippen molar-refractivity contribution >= 4 is 0 Å². The van der Waals surface area contributed by atoms with Crippen molar-refractivity contribution in [2.24, 2.45) is 0 Å². The van der Waals surface area contributed by atoms with Crippen LogP contribution >= 0.6 is 0 Å². The molecular formula is C15H18N8O. The fourth-order valence-electron chi connectivity index (χ4n) is 2.84. The lowest BCUT2D eigenvalue weighted by Gasteiger charge is -2.32. The van der Waals surface area contributed by atoms with Crippen molar-refractivity contribution in [3.05, 3.63) is 48.8 Å². The Morgan fingerprint density at radius 3 is 2.96 bits per heavy atom. The number of benzene rings is 1. The quantitative estimate of drug-likeness (QED) is 0.660. The van der Waals surface area contributed by atoms with Gasteiger partial charge in [-0.3, -0.25) is 9.58 Å². The Hall–Kier alpha value is -2.65. The number of hydrogen-bond acceptors (Lipinski definition) is 7. The maximum atomic E-state index is 5.83. The normalized spacial score (nSPS) is 18.8. The van der Waals surface area contributed by atoms with Crippen LogP contribution in [0.15, 0.2) is 43.0 Å². The molecule has 3 heterocycles. The Labute approximate surface area is 138 Å². The minimum Gasteiger partial charge on any atom is -0.374 e. The molecule has 1 aromatic carbocycles. The molecule has 9 nitrogen and oxygen atoms in total. The highest BCUT2D eigenvalue weighted by molar-refractivity contribution is 5.30. The van der Waals surface area contributed by atoms with E-state index in [1.165, 1.54) is 6.33 Å². The fourth-order valence-corrected chi connectivity index (χ4v) is 2.84. The van der Waals surface area contributed by atoms with Crippen molar-refractivity contribution in [2.45, 2.75) is 19.2 Å². The molecule has 1 aliphatic rings. The number of para-hydroxylation sites is 1. The summed E-state index contributed by atoms with van der Waals surface area (Å²) in [6.45, 7) is 3.72. The van der Waals surface area contributed by atoms with Crippen molar-refractivity contribution in [1.29, 1.82) is 0 Å². The minimum atomic E-state index is 0.0847. The first kappa shape index (κ1) is 14.9. The first-order chi connectivity index (χ1) is 11.9. The highest BCUT2D eigenvalue weighted by atomic mass is 16.5. The smallest absolute Gasteiger partial charge is 0.170 e. The van der Waals surface area contributed by atoms with E-state index in [0.29, 0.717) is 19.7 Å².